The molecule has 1 rings (SSSR count). The average Bonchev–Trinajstić information content (AvgIpc) is 2.24. The van der Waals surface area contributed by atoms with Crippen LogP contribution in [0.15, 0.2) is 12.1 Å². The highest BCUT2D eigenvalue weighted by molar-refractivity contribution is 5.99. The second-order valence-corrected chi connectivity index (χ2v) is 3.94. The molecule has 0 aliphatic rings. The summed E-state index contributed by atoms with van der Waals surface area (Å²) in [4.78, 5) is 12.0. The van der Waals surface area contributed by atoms with Crippen molar-refractivity contribution in [2.45, 2.75) is 20.3 Å². The molecular weight excluding hydrogens is 202 g/mol. The van der Waals surface area contributed by atoms with Crippen LogP contribution in [0.4, 0.5) is 0 Å². The summed E-state index contributed by atoms with van der Waals surface area (Å²) in [6.07, 6.45) is 0.496. The lowest BCUT2D eigenvalue weighted by Crippen LogP contribution is -2.14. The van der Waals surface area contributed by atoms with Crippen molar-refractivity contribution in [2.75, 3.05) is 20.7 Å². The molecule has 0 heterocycles. The minimum atomic E-state index is 0.123. The molecule has 0 radical (unpaired) electrons. The molecule has 1 N–H and O–H groups in total. The van der Waals surface area contributed by atoms with Gasteiger partial charge in [-0.25, -0.2) is 0 Å². The molecule has 0 bridgehead atoms. The third kappa shape index (κ3) is 2.83. The van der Waals surface area contributed by atoms with E-state index in [9.17, 15) is 4.79 Å². The normalized spacial score (nSPS) is 10.2. The van der Waals surface area contributed by atoms with Gasteiger partial charge in [0.1, 0.15) is 5.75 Å². The highest BCUT2D eigenvalue weighted by Crippen LogP contribution is 2.26. The Balaban J connectivity index is 3.05. The summed E-state index contributed by atoms with van der Waals surface area (Å²) in [7, 11) is 3.44. The Morgan fingerprint density at radius 1 is 1.38 bits per heavy atom. The zero-order chi connectivity index (χ0) is 12.1. The second kappa shape index (κ2) is 5.66. The molecule has 0 amide bonds. The van der Waals surface area contributed by atoms with Crippen LogP contribution >= 0.6 is 0 Å². The summed E-state index contributed by atoms with van der Waals surface area (Å²) in [6, 6.07) is 3.91. The zero-order valence-electron chi connectivity index (χ0n) is 10.4. The first kappa shape index (κ1) is 12.7. The second-order valence-electron chi connectivity index (χ2n) is 3.94. The Labute approximate surface area is 96.8 Å². The van der Waals surface area contributed by atoms with Crippen molar-refractivity contribution in [3.8, 4) is 5.75 Å². The van der Waals surface area contributed by atoms with Gasteiger partial charge in [-0.3, -0.25) is 4.79 Å². The van der Waals surface area contributed by atoms with E-state index in [1.54, 1.807) is 7.11 Å². The summed E-state index contributed by atoms with van der Waals surface area (Å²) in [6.45, 7) is 4.64. The number of aryl methyl sites for hydroxylation is 2. The van der Waals surface area contributed by atoms with Gasteiger partial charge in [0.05, 0.1) is 12.7 Å². The fourth-order valence-corrected chi connectivity index (χ4v) is 1.81. The number of methoxy groups -OCH3 is 1. The number of nitrogens with one attached hydrogen (secondary N) is 1. The molecule has 16 heavy (non-hydrogen) atoms. The van der Waals surface area contributed by atoms with Gasteiger partial charge in [-0.2, -0.15) is 0 Å². The molecule has 0 saturated carbocycles. The van der Waals surface area contributed by atoms with Crippen LogP contribution in [0.5, 0.6) is 5.75 Å². The van der Waals surface area contributed by atoms with E-state index >= 15 is 0 Å². The number of carbonyl (C=O) groups excluding carboxylic acids is 1. The summed E-state index contributed by atoms with van der Waals surface area (Å²) in [5, 5.41) is 2.97. The first-order valence-electron chi connectivity index (χ1n) is 5.43. The SMILES string of the molecule is CNCCC(=O)c1cc(C)cc(C)c1OC. The lowest BCUT2D eigenvalue weighted by molar-refractivity contribution is 0.0980. The van der Waals surface area contributed by atoms with Crippen molar-refractivity contribution in [3.63, 3.8) is 0 Å². The fraction of sp³-hybridized carbons (Fsp3) is 0.462. The molecule has 0 saturated heterocycles. The van der Waals surface area contributed by atoms with E-state index in [-0.39, 0.29) is 5.78 Å². The number of carbonyl (C=O) groups is 1. The van der Waals surface area contributed by atoms with Crippen LogP contribution in [-0.2, 0) is 0 Å². The van der Waals surface area contributed by atoms with Gasteiger partial charge in [-0.05, 0) is 38.1 Å². The van der Waals surface area contributed by atoms with Gasteiger partial charge in [0.15, 0.2) is 5.78 Å². The summed E-state index contributed by atoms with van der Waals surface area (Å²) < 4.78 is 5.29. The maximum absolute atomic E-state index is 12.0. The van der Waals surface area contributed by atoms with Crippen molar-refractivity contribution < 1.29 is 9.53 Å². The van der Waals surface area contributed by atoms with Gasteiger partial charge < -0.3 is 10.1 Å². The number of Topliss-reactive ketones (excluding diaryl/α,β-unsaturated/α-hetero) is 1. The predicted octanol–water partition coefficient (Wildman–Crippen LogP) is 2.10. The Hall–Kier alpha value is -1.35. The van der Waals surface area contributed by atoms with Gasteiger partial charge in [-0.15, -0.1) is 0 Å². The van der Waals surface area contributed by atoms with E-state index < -0.39 is 0 Å². The van der Waals surface area contributed by atoms with Gasteiger partial charge >= 0.3 is 0 Å². The van der Waals surface area contributed by atoms with Crippen LogP contribution in [0.2, 0.25) is 0 Å². The Kier molecular flexibility index (Phi) is 4.50. The fourth-order valence-electron chi connectivity index (χ4n) is 1.81. The summed E-state index contributed by atoms with van der Waals surface area (Å²) in [5.41, 5.74) is 2.79. The van der Waals surface area contributed by atoms with Gasteiger partial charge in [0, 0.05) is 13.0 Å². The number of ether oxygens (including phenoxy) is 1. The molecule has 0 spiro atoms. The predicted molar refractivity (Wildman–Crippen MR) is 65.3 cm³/mol. The molecule has 0 atom stereocenters. The molecule has 1 aromatic carbocycles. The lowest BCUT2D eigenvalue weighted by Gasteiger charge is -2.11. The summed E-state index contributed by atoms with van der Waals surface area (Å²) in [5.74, 6) is 0.824. The molecule has 0 aromatic heterocycles. The largest absolute Gasteiger partial charge is 0.496 e. The highest BCUT2D eigenvalue weighted by Gasteiger charge is 2.14. The standard InChI is InChI=1S/C13H19NO2/c1-9-7-10(2)13(16-4)11(8-9)12(15)5-6-14-3/h7-8,14H,5-6H2,1-4H3. The number of ketones is 1. The van der Waals surface area contributed by atoms with Crippen molar-refractivity contribution in [1.29, 1.82) is 0 Å². The van der Waals surface area contributed by atoms with Crippen LogP contribution in [0.25, 0.3) is 0 Å². The average molecular weight is 221 g/mol. The molecule has 3 heteroatoms. The van der Waals surface area contributed by atoms with Crippen LogP contribution in [0, 0.1) is 13.8 Å². The van der Waals surface area contributed by atoms with Crippen LogP contribution < -0.4 is 10.1 Å². The van der Waals surface area contributed by atoms with E-state index in [4.69, 9.17) is 4.74 Å². The third-order valence-electron chi connectivity index (χ3n) is 2.53. The lowest BCUT2D eigenvalue weighted by atomic mass is 10.0. The quantitative estimate of drug-likeness (QED) is 0.774. The first-order chi connectivity index (χ1) is 7.60. The minimum absolute atomic E-state index is 0.123. The Morgan fingerprint density at radius 3 is 2.62 bits per heavy atom. The van der Waals surface area contributed by atoms with E-state index in [1.165, 1.54) is 0 Å². The van der Waals surface area contributed by atoms with Crippen LogP contribution in [-0.4, -0.2) is 26.5 Å². The highest BCUT2D eigenvalue weighted by atomic mass is 16.5. The molecule has 88 valence electrons. The van der Waals surface area contributed by atoms with Crippen molar-refractivity contribution in [3.05, 3.63) is 28.8 Å². The van der Waals surface area contributed by atoms with Crippen LogP contribution in [0.1, 0.15) is 27.9 Å². The topological polar surface area (TPSA) is 38.3 Å². The van der Waals surface area contributed by atoms with E-state index in [0.717, 1.165) is 11.1 Å². The molecule has 0 unspecified atom stereocenters. The maximum Gasteiger partial charge on any atom is 0.167 e. The maximum atomic E-state index is 12.0. The molecule has 0 aliphatic carbocycles. The molecular formula is C13H19NO2. The number of hydrogen-bond donors (Lipinski definition) is 1. The first-order valence-corrected chi connectivity index (χ1v) is 5.43. The van der Waals surface area contributed by atoms with Crippen molar-refractivity contribution >= 4 is 5.78 Å². The van der Waals surface area contributed by atoms with E-state index in [2.05, 4.69) is 5.32 Å². The number of benzene rings is 1. The minimum Gasteiger partial charge on any atom is -0.496 e. The molecule has 0 aliphatic heterocycles. The third-order valence-corrected chi connectivity index (χ3v) is 2.53. The van der Waals surface area contributed by atoms with Gasteiger partial charge in [-0.1, -0.05) is 6.07 Å². The summed E-state index contributed by atoms with van der Waals surface area (Å²) >= 11 is 0. The van der Waals surface area contributed by atoms with Crippen molar-refractivity contribution in [1.82, 2.24) is 5.32 Å². The van der Waals surface area contributed by atoms with Gasteiger partial charge in [0.2, 0.25) is 0 Å². The number of rotatable bonds is 5. The van der Waals surface area contributed by atoms with E-state index in [1.807, 2.05) is 33.0 Å². The van der Waals surface area contributed by atoms with Crippen LogP contribution in [0.3, 0.4) is 0 Å². The monoisotopic (exact) mass is 221 g/mol. The smallest absolute Gasteiger partial charge is 0.167 e. The van der Waals surface area contributed by atoms with E-state index in [0.29, 0.717) is 24.3 Å². The zero-order valence-corrected chi connectivity index (χ0v) is 10.4. The Morgan fingerprint density at radius 2 is 2.06 bits per heavy atom. The molecule has 1 aromatic rings. The molecule has 0 fully saturated rings. The number of hydrogen-bond acceptors (Lipinski definition) is 3. The Bertz CT molecular complexity index is 386. The van der Waals surface area contributed by atoms with Gasteiger partial charge in [0.25, 0.3) is 0 Å². The van der Waals surface area contributed by atoms with Crippen molar-refractivity contribution in [2.24, 2.45) is 0 Å². The molecule has 3 nitrogen and oxygen atoms in total.